The van der Waals surface area contributed by atoms with E-state index >= 15 is 0 Å². The van der Waals surface area contributed by atoms with E-state index in [1.807, 2.05) is 13.0 Å². The zero-order valence-corrected chi connectivity index (χ0v) is 9.90. The van der Waals surface area contributed by atoms with Crippen LogP contribution in [0.2, 0.25) is 0 Å². The Labute approximate surface area is 104 Å². The van der Waals surface area contributed by atoms with E-state index < -0.39 is 0 Å². The summed E-state index contributed by atoms with van der Waals surface area (Å²) < 4.78 is 18.4. The van der Waals surface area contributed by atoms with E-state index in [1.54, 1.807) is 6.20 Å². The van der Waals surface area contributed by atoms with Crippen LogP contribution in [0.1, 0.15) is 22.8 Å². The highest BCUT2D eigenvalue weighted by Gasteiger charge is 2.05. The van der Waals surface area contributed by atoms with Crippen molar-refractivity contribution >= 4 is 0 Å². The van der Waals surface area contributed by atoms with Crippen molar-refractivity contribution < 1.29 is 8.81 Å². The molecule has 0 unspecified atom stereocenters. The van der Waals surface area contributed by atoms with Crippen LogP contribution in [0.3, 0.4) is 0 Å². The Balaban J connectivity index is 1.98. The number of nitriles is 1. The number of aromatic nitrogens is 1. The molecule has 92 valence electrons. The lowest BCUT2D eigenvalue weighted by molar-refractivity contribution is 0.449. The molecule has 2 rings (SSSR count). The summed E-state index contributed by atoms with van der Waals surface area (Å²) in [5.41, 5.74) is 1.09. The average Bonchev–Trinajstić information content (AvgIpc) is 2.75. The van der Waals surface area contributed by atoms with Gasteiger partial charge in [-0.1, -0.05) is 0 Å². The molecule has 0 fully saturated rings. The highest BCUT2D eigenvalue weighted by atomic mass is 19.1. The molecule has 1 aromatic carbocycles. The summed E-state index contributed by atoms with van der Waals surface area (Å²) >= 11 is 0. The zero-order chi connectivity index (χ0) is 13.0. The number of rotatable bonds is 4. The van der Waals surface area contributed by atoms with Crippen molar-refractivity contribution in [1.82, 2.24) is 10.3 Å². The molecule has 0 radical (unpaired) electrons. The van der Waals surface area contributed by atoms with E-state index in [2.05, 4.69) is 10.3 Å². The Bertz CT molecular complexity index is 586. The second-order valence-electron chi connectivity index (χ2n) is 3.88. The van der Waals surface area contributed by atoms with Gasteiger partial charge in [0.2, 0.25) is 5.89 Å². The molecular weight excluding hydrogens is 233 g/mol. The molecular formula is C13H12FN3O. The van der Waals surface area contributed by atoms with Gasteiger partial charge in [-0.25, -0.2) is 9.37 Å². The third-order valence-corrected chi connectivity index (χ3v) is 2.45. The second-order valence-corrected chi connectivity index (χ2v) is 3.88. The maximum Gasteiger partial charge on any atom is 0.208 e. The zero-order valence-electron chi connectivity index (χ0n) is 9.90. The standard InChI is InChI=1S/C13H12FN3O/c1-9-6-17-13(18-9)8-16-7-11-4-12(14)3-2-10(11)5-15/h2-4,6,16H,7-8H2,1H3. The Morgan fingerprint density at radius 1 is 1.44 bits per heavy atom. The molecule has 0 aliphatic heterocycles. The van der Waals surface area contributed by atoms with Crippen molar-refractivity contribution in [2.24, 2.45) is 0 Å². The maximum atomic E-state index is 13.1. The van der Waals surface area contributed by atoms with Gasteiger partial charge >= 0.3 is 0 Å². The van der Waals surface area contributed by atoms with E-state index in [4.69, 9.17) is 9.68 Å². The van der Waals surface area contributed by atoms with Gasteiger partial charge in [0, 0.05) is 6.54 Å². The highest BCUT2D eigenvalue weighted by molar-refractivity contribution is 5.37. The molecule has 0 atom stereocenters. The van der Waals surface area contributed by atoms with Gasteiger partial charge in [0.1, 0.15) is 11.6 Å². The van der Waals surface area contributed by atoms with Gasteiger partial charge in [-0.15, -0.1) is 0 Å². The number of halogens is 1. The Kier molecular flexibility index (Phi) is 3.70. The predicted octanol–water partition coefficient (Wildman–Crippen LogP) is 2.28. The van der Waals surface area contributed by atoms with Crippen molar-refractivity contribution in [2.45, 2.75) is 20.0 Å². The largest absolute Gasteiger partial charge is 0.445 e. The number of aryl methyl sites for hydroxylation is 1. The van der Waals surface area contributed by atoms with E-state index in [-0.39, 0.29) is 5.82 Å². The minimum Gasteiger partial charge on any atom is -0.445 e. The lowest BCUT2D eigenvalue weighted by Gasteiger charge is -2.04. The fraction of sp³-hybridized carbons (Fsp3) is 0.231. The normalized spacial score (nSPS) is 10.3. The molecule has 1 heterocycles. The van der Waals surface area contributed by atoms with E-state index in [9.17, 15) is 4.39 Å². The van der Waals surface area contributed by atoms with Crippen molar-refractivity contribution in [3.05, 3.63) is 53.0 Å². The molecule has 4 nitrogen and oxygen atoms in total. The van der Waals surface area contributed by atoms with E-state index in [0.29, 0.717) is 30.1 Å². The molecule has 0 aliphatic rings. The fourth-order valence-electron chi connectivity index (χ4n) is 1.60. The van der Waals surface area contributed by atoms with Gasteiger partial charge in [0.05, 0.1) is 24.4 Å². The molecule has 2 aromatic rings. The molecule has 0 saturated carbocycles. The first-order valence-corrected chi connectivity index (χ1v) is 5.49. The van der Waals surface area contributed by atoms with Crippen LogP contribution < -0.4 is 5.32 Å². The summed E-state index contributed by atoms with van der Waals surface area (Å²) in [4.78, 5) is 4.04. The lowest BCUT2D eigenvalue weighted by Crippen LogP contribution is -2.14. The molecule has 0 bridgehead atoms. The second kappa shape index (κ2) is 5.43. The monoisotopic (exact) mass is 245 g/mol. The number of oxazole rings is 1. The average molecular weight is 245 g/mol. The summed E-state index contributed by atoms with van der Waals surface area (Å²) in [5.74, 6) is 0.968. The van der Waals surface area contributed by atoms with Crippen LogP contribution in [0, 0.1) is 24.1 Å². The summed E-state index contributed by atoms with van der Waals surface area (Å²) in [6.45, 7) is 2.65. The SMILES string of the molecule is Cc1cnc(CNCc2cc(F)ccc2C#N)o1. The molecule has 5 heteroatoms. The van der Waals surface area contributed by atoms with Gasteiger partial charge in [-0.3, -0.25) is 0 Å². The smallest absolute Gasteiger partial charge is 0.208 e. The van der Waals surface area contributed by atoms with Gasteiger partial charge in [-0.2, -0.15) is 5.26 Å². The Morgan fingerprint density at radius 3 is 2.94 bits per heavy atom. The van der Waals surface area contributed by atoms with Crippen LogP contribution in [-0.2, 0) is 13.1 Å². The minimum absolute atomic E-state index is 0.349. The van der Waals surface area contributed by atoms with Crippen LogP contribution in [0.5, 0.6) is 0 Å². The van der Waals surface area contributed by atoms with Gasteiger partial charge in [0.25, 0.3) is 0 Å². The fourth-order valence-corrected chi connectivity index (χ4v) is 1.60. The summed E-state index contributed by atoms with van der Waals surface area (Å²) in [6, 6.07) is 6.13. The number of hydrogen-bond acceptors (Lipinski definition) is 4. The topological polar surface area (TPSA) is 61.9 Å². The summed E-state index contributed by atoms with van der Waals surface area (Å²) in [6.07, 6.45) is 1.64. The minimum atomic E-state index is -0.349. The van der Waals surface area contributed by atoms with Crippen molar-refractivity contribution in [2.75, 3.05) is 0 Å². The molecule has 0 spiro atoms. The quantitative estimate of drug-likeness (QED) is 0.897. The summed E-state index contributed by atoms with van der Waals surface area (Å²) in [5, 5.41) is 12.0. The maximum absolute atomic E-state index is 13.1. The van der Waals surface area contributed by atoms with Gasteiger partial charge in [-0.05, 0) is 30.7 Å². The predicted molar refractivity (Wildman–Crippen MR) is 62.9 cm³/mol. The van der Waals surface area contributed by atoms with E-state index in [0.717, 1.165) is 5.76 Å². The first kappa shape index (κ1) is 12.3. The van der Waals surface area contributed by atoms with Crippen molar-refractivity contribution in [3.63, 3.8) is 0 Å². The van der Waals surface area contributed by atoms with Crippen LogP contribution >= 0.6 is 0 Å². The number of nitrogens with zero attached hydrogens (tertiary/aromatic N) is 2. The first-order chi connectivity index (χ1) is 8.69. The Morgan fingerprint density at radius 2 is 2.28 bits per heavy atom. The molecule has 0 saturated heterocycles. The van der Waals surface area contributed by atoms with Crippen LogP contribution in [0.25, 0.3) is 0 Å². The van der Waals surface area contributed by atoms with Crippen LogP contribution in [0.15, 0.2) is 28.8 Å². The lowest BCUT2D eigenvalue weighted by atomic mass is 10.1. The third-order valence-electron chi connectivity index (χ3n) is 2.45. The van der Waals surface area contributed by atoms with Crippen molar-refractivity contribution in [3.8, 4) is 6.07 Å². The number of nitrogens with one attached hydrogen (secondary N) is 1. The van der Waals surface area contributed by atoms with Crippen LogP contribution in [0.4, 0.5) is 4.39 Å². The van der Waals surface area contributed by atoms with Crippen molar-refractivity contribution in [1.29, 1.82) is 5.26 Å². The van der Waals surface area contributed by atoms with Crippen LogP contribution in [-0.4, -0.2) is 4.98 Å². The number of hydrogen-bond donors (Lipinski definition) is 1. The van der Waals surface area contributed by atoms with Gasteiger partial charge < -0.3 is 9.73 Å². The number of benzene rings is 1. The highest BCUT2D eigenvalue weighted by Crippen LogP contribution is 2.10. The summed E-state index contributed by atoms with van der Waals surface area (Å²) in [7, 11) is 0. The molecule has 1 N–H and O–H groups in total. The molecule has 1 aromatic heterocycles. The van der Waals surface area contributed by atoms with E-state index in [1.165, 1.54) is 18.2 Å². The van der Waals surface area contributed by atoms with Gasteiger partial charge in [0.15, 0.2) is 0 Å². The Hall–Kier alpha value is -2.19. The molecule has 0 amide bonds. The first-order valence-electron chi connectivity index (χ1n) is 5.49. The third kappa shape index (κ3) is 2.93. The molecule has 18 heavy (non-hydrogen) atoms. The molecule has 0 aliphatic carbocycles.